The maximum absolute atomic E-state index is 5.77. The van der Waals surface area contributed by atoms with Crippen molar-refractivity contribution in [2.75, 3.05) is 5.73 Å². The van der Waals surface area contributed by atoms with Crippen LogP contribution in [0.1, 0.15) is 0 Å². The monoisotopic (exact) mass is 246 g/mol. The Morgan fingerprint density at radius 2 is 2.35 bits per heavy atom. The normalized spacial score (nSPS) is 10.9. The van der Waals surface area contributed by atoms with Gasteiger partial charge in [-0.1, -0.05) is 6.07 Å². The molecule has 3 N–H and O–H groups in total. The number of rotatable bonds is 2. The van der Waals surface area contributed by atoms with Gasteiger partial charge in [-0.3, -0.25) is 5.10 Å². The van der Waals surface area contributed by atoms with Crippen LogP contribution >= 0.6 is 11.3 Å². The van der Waals surface area contributed by atoms with E-state index in [2.05, 4.69) is 20.3 Å². The molecule has 3 rings (SSSR count). The van der Waals surface area contributed by atoms with Crippen LogP contribution in [0.25, 0.3) is 22.1 Å². The van der Waals surface area contributed by atoms with Crippen LogP contribution < -0.4 is 5.73 Å². The van der Waals surface area contributed by atoms with E-state index in [-0.39, 0.29) is 0 Å². The van der Waals surface area contributed by atoms with Gasteiger partial charge in [0.25, 0.3) is 0 Å². The number of nitrogens with zero attached hydrogens (tertiary/aromatic N) is 4. The first-order chi connectivity index (χ1) is 8.25. The van der Waals surface area contributed by atoms with Crippen LogP contribution in [0.15, 0.2) is 23.7 Å². The topological polar surface area (TPSA) is 85.4 Å². The molecule has 0 aromatic carbocycles. The van der Waals surface area contributed by atoms with Crippen LogP contribution in [0.3, 0.4) is 0 Å². The minimum Gasteiger partial charge on any atom is -0.383 e. The number of nitrogen functional groups attached to an aromatic ring is 1. The van der Waals surface area contributed by atoms with Gasteiger partial charge in [-0.05, 0) is 11.4 Å². The van der Waals surface area contributed by atoms with Crippen molar-refractivity contribution in [3.8, 4) is 22.1 Å². The standard InChI is InChI=1S/C10H10N6S/c1-16-10(6-5-12-14-8(6)11)13-9(15-16)7-3-2-4-17-7/h2-5H,1H3,(H3,11,12,14). The molecule has 0 bridgehead atoms. The lowest BCUT2D eigenvalue weighted by molar-refractivity contribution is 0.778. The number of aryl methyl sites for hydroxylation is 1. The van der Waals surface area contributed by atoms with Crippen LogP contribution in [0.5, 0.6) is 0 Å². The van der Waals surface area contributed by atoms with Crippen LogP contribution in [-0.2, 0) is 7.05 Å². The molecule has 0 saturated carbocycles. The van der Waals surface area contributed by atoms with Crippen LogP contribution in [0, 0.1) is 0 Å². The SMILES string of the molecule is Cn1nc(-c2cccs2)nc1-c1cn[nH]c1N. The molecule has 0 aliphatic carbocycles. The maximum atomic E-state index is 5.77. The number of aromatic amines is 1. The third-order valence-electron chi connectivity index (χ3n) is 2.41. The molecule has 0 atom stereocenters. The Kier molecular flexibility index (Phi) is 2.19. The van der Waals surface area contributed by atoms with Gasteiger partial charge in [0.05, 0.1) is 16.6 Å². The van der Waals surface area contributed by atoms with E-state index in [1.807, 2.05) is 24.6 Å². The van der Waals surface area contributed by atoms with E-state index < -0.39 is 0 Å². The van der Waals surface area contributed by atoms with Gasteiger partial charge in [-0.15, -0.1) is 16.4 Å². The second-order valence-electron chi connectivity index (χ2n) is 3.56. The predicted octanol–water partition coefficient (Wildman–Crippen LogP) is 1.52. The molecule has 3 aromatic heterocycles. The summed E-state index contributed by atoms with van der Waals surface area (Å²) in [6.45, 7) is 0. The third-order valence-corrected chi connectivity index (χ3v) is 3.28. The molecular formula is C10H10N6S. The second-order valence-corrected chi connectivity index (χ2v) is 4.50. The van der Waals surface area contributed by atoms with Gasteiger partial charge in [-0.25, -0.2) is 9.67 Å². The Balaban J connectivity index is 2.11. The van der Waals surface area contributed by atoms with Crippen molar-refractivity contribution in [3.63, 3.8) is 0 Å². The molecule has 0 spiro atoms. The molecule has 3 heterocycles. The van der Waals surface area contributed by atoms with Crippen molar-refractivity contribution in [3.05, 3.63) is 23.7 Å². The first-order valence-corrected chi connectivity index (χ1v) is 5.88. The number of H-pyrrole nitrogens is 1. The smallest absolute Gasteiger partial charge is 0.191 e. The molecule has 0 unspecified atom stereocenters. The van der Waals surface area contributed by atoms with Crippen molar-refractivity contribution in [1.82, 2.24) is 25.0 Å². The summed E-state index contributed by atoms with van der Waals surface area (Å²) in [5.41, 5.74) is 6.54. The fraction of sp³-hybridized carbons (Fsp3) is 0.100. The average Bonchev–Trinajstić information content (AvgIpc) is 2.98. The predicted molar refractivity (Wildman–Crippen MR) is 66.3 cm³/mol. The Bertz CT molecular complexity index is 636. The van der Waals surface area contributed by atoms with Crippen molar-refractivity contribution >= 4 is 17.2 Å². The highest BCUT2D eigenvalue weighted by Crippen LogP contribution is 2.26. The average molecular weight is 246 g/mol. The van der Waals surface area contributed by atoms with E-state index in [9.17, 15) is 0 Å². The van der Waals surface area contributed by atoms with Crippen molar-refractivity contribution in [2.24, 2.45) is 7.05 Å². The summed E-state index contributed by atoms with van der Waals surface area (Å²) < 4.78 is 1.70. The molecule has 86 valence electrons. The van der Waals surface area contributed by atoms with Gasteiger partial charge in [0.2, 0.25) is 0 Å². The number of anilines is 1. The second kappa shape index (κ2) is 3.70. The van der Waals surface area contributed by atoms with E-state index in [0.717, 1.165) is 10.4 Å². The first-order valence-electron chi connectivity index (χ1n) is 5.00. The minimum atomic E-state index is 0.498. The molecule has 7 heteroatoms. The Hall–Kier alpha value is -2.15. The van der Waals surface area contributed by atoms with Gasteiger partial charge in [0.1, 0.15) is 5.82 Å². The maximum Gasteiger partial charge on any atom is 0.191 e. The molecule has 0 aliphatic rings. The van der Waals surface area contributed by atoms with E-state index in [4.69, 9.17) is 5.73 Å². The van der Waals surface area contributed by atoms with Crippen LogP contribution in [-0.4, -0.2) is 25.0 Å². The number of thiophene rings is 1. The summed E-state index contributed by atoms with van der Waals surface area (Å²) in [5.74, 6) is 1.91. The number of aromatic nitrogens is 5. The molecule has 0 aliphatic heterocycles. The van der Waals surface area contributed by atoms with Gasteiger partial charge >= 0.3 is 0 Å². The Labute approximate surface area is 101 Å². The Morgan fingerprint density at radius 3 is 3.00 bits per heavy atom. The molecular weight excluding hydrogens is 236 g/mol. The van der Waals surface area contributed by atoms with Gasteiger partial charge in [-0.2, -0.15) is 5.10 Å². The zero-order valence-electron chi connectivity index (χ0n) is 9.08. The van der Waals surface area contributed by atoms with Crippen molar-refractivity contribution < 1.29 is 0 Å². The highest BCUT2D eigenvalue weighted by Gasteiger charge is 2.14. The van der Waals surface area contributed by atoms with Gasteiger partial charge in [0, 0.05) is 7.05 Å². The summed E-state index contributed by atoms with van der Waals surface area (Å²) in [4.78, 5) is 5.51. The highest BCUT2D eigenvalue weighted by molar-refractivity contribution is 7.13. The zero-order valence-corrected chi connectivity index (χ0v) is 9.90. The summed E-state index contributed by atoms with van der Waals surface area (Å²) >= 11 is 1.61. The molecule has 0 amide bonds. The molecule has 0 saturated heterocycles. The van der Waals surface area contributed by atoms with Crippen molar-refractivity contribution in [2.45, 2.75) is 0 Å². The van der Waals surface area contributed by atoms with E-state index in [0.29, 0.717) is 17.5 Å². The van der Waals surface area contributed by atoms with Crippen LogP contribution in [0.4, 0.5) is 5.82 Å². The number of hydrogen-bond donors (Lipinski definition) is 2. The third kappa shape index (κ3) is 1.60. The van der Waals surface area contributed by atoms with Gasteiger partial charge in [0.15, 0.2) is 11.6 Å². The van der Waals surface area contributed by atoms with E-state index in [1.54, 1.807) is 22.2 Å². The Morgan fingerprint density at radius 1 is 1.47 bits per heavy atom. The number of nitrogens with two attached hydrogens (primary N) is 1. The lowest BCUT2D eigenvalue weighted by atomic mass is 10.3. The van der Waals surface area contributed by atoms with E-state index >= 15 is 0 Å². The summed E-state index contributed by atoms with van der Waals surface area (Å²) in [5, 5.41) is 12.9. The fourth-order valence-corrected chi connectivity index (χ4v) is 2.26. The molecule has 17 heavy (non-hydrogen) atoms. The number of hydrogen-bond acceptors (Lipinski definition) is 5. The molecule has 3 aromatic rings. The zero-order chi connectivity index (χ0) is 11.8. The summed E-state index contributed by atoms with van der Waals surface area (Å²) in [6.07, 6.45) is 1.65. The lowest BCUT2D eigenvalue weighted by Gasteiger charge is -1.95. The molecule has 6 nitrogen and oxygen atoms in total. The minimum absolute atomic E-state index is 0.498. The quantitative estimate of drug-likeness (QED) is 0.717. The first kappa shape index (κ1) is 10.0. The molecule has 0 radical (unpaired) electrons. The lowest BCUT2D eigenvalue weighted by Crippen LogP contribution is -1.96. The van der Waals surface area contributed by atoms with E-state index in [1.165, 1.54) is 0 Å². The number of nitrogens with one attached hydrogen (secondary N) is 1. The fourth-order valence-electron chi connectivity index (χ4n) is 1.60. The van der Waals surface area contributed by atoms with Gasteiger partial charge < -0.3 is 5.73 Å². The largest absolute Gasteiger partial charge is 0.383 e. The van der Waals surface area contributed by atoms with Crippen LogP contribution in [0.2, 0.25) is 0 Å². The summed E-state index contributed by atoms with van der Waals surface area (Å²) in [6, 6.07) is 3.96. The highest BCUT2D eigenvalue weighted by atomic mass is 32.1. The van der Waals surface area contributed by atoms with Crippen molar-refractivity contribution in [1.29, 1.82) is 0 Å². The summed E-state index contributed by atoms with van der Waals surface area (Å²) in [7, 11) is 1.84. The molecule has 0 fully saturated rings.